The number of aryl methyl sites for hydroxylation is 3. The molecule has 2 aromatic heterocycles. The molecule has 5 heteroatoms. The number of carbonyl (C=O) groups excluding carboxylic acids is 1. The van der Waals surface area contributed by atoms with E-state index < -0.39 is 0 Å². The average Bonchev–Trinajstić information content (AvgIpc) is 2.84. The largest absolute Gasteiger partial charge is 0.384 e. The Morgan fingerprint density at radius 1 is 1.30 bits per heavy atom. The topological polar surface area (TPSA) is 72.9 Å². The molecule has 0 aliphatic heterocycles. The van der Waals surface area contributed by atoms with Crippen molar-refractivity contribution in [2.24, 2.45) is 0 Å². The summed E-state index contributed by atoms with van der Waals surface area (Å²) in [5.41, 5.74) is 10.1. The van der Waals surface area contributed by atoms with E-state index in [1.165, 1.54) is 0 Å². The van der Waals surface area contributed by atoms with Crippen LogP contribution < -0.4 is 11.1 Å². The molecular weight excluding hydrogens is 288 g/mol. The number of amides is 1. The van der Waals surface area contributed by atoms with Gasteiger partial charge in [-0.15, -0.1) is 0 Å². The summed E-state index contributed by atoms with van der Waals surface area (Å²) in [4.78, 5) is 16.6. The molecule has 0 fully saturated rings. The Hall–Kier alpha value is -2.74. The second-order valence-corrected chi connectivity index (χ2v) is 5.51. The van der Waals surface area contributed by atoms with Gasteiger partial charge >= 0.3 is 0 Å². The van der Waals surface area contributed by atoms with Crippen molar-refractivity contribution in [1.82, 2.24) is 14.9 Å². The van der Waals surface area contributed by atoms with Crippen LogP contribution in [0, 0.1) is 32.7 Å². The molecule has 0 aromatic carbocycles. The van der Waals surface area contributed by atoms with Gasteiger partial charge in [-0.3, -0.25) is 9.36 Å². The van der Waals surface area contributed by atoms with Crippen LogP contribution in [-0.2, 0) is 6.54 Å². The maximum absolute atomic E-state index is 12.4. The van der Waals surface area contributed by atoms with Gasteiger partial charge in [0.1, 0.15) is 5.82 Å². The van der Waals surface area contributed by atoms with Crippen LogP contribution in [0.1, 0.15) is 46.1 Å². The van der Waals surface area contributed by atoms with Gasteiger partial charge in [0, 0.05) is 37.1 Å². The van der Waals surface area contributed by atoms with Crippen LogP contribution in [0.2, 0.25) is 0 Å². The molecule has 0 radical (unpaired) electrons. The van der Waals surface area contributed by atoms with Gasteiger partial charge in [-0.25, -0.2) is 4.98 Å². The highest BCUT2D eigenvalue weighted by molar-refractivity contribution is 5.95. The molecule has 0 saturated carbocycles. The first-order valence-electron chi connectivity index (χ1n) is 7.60. The Morgan fingerprint density at radius 2 is 2.04 bits per heavy atom. The summed E-state index contributed by atoms with van der Waals surface area (Å²) < 4.78 is 1.73. The lowest BCUT2D eigenvalue weighted by Crippen LogP contribution is -2.24. The first-order valence-corrected chi connectivity index (χ1v) is 7.60. The normalized spacial score (nSPS) is 10.1. The molecule has 0 atom stereocenters. The zero-order valence-corrected chi connectivity index (χ0v) is 14.0. The Kier molecular flexibility index (Phi) is 5.07. The molecule has 2 heterocycles. The minimum absolute atomic E-state index is 0.116. The van der Waals surface area contributed by atoms with E-state index in [1.807, 2.05) is 40.0 Å². The number of nitrogen functional groups attached to an aromatic ring is 1. The van der Waals surface area contributed by atoms with Crippen molar-refractivity contribution < 1.29 is 4.79 Å². The van der Waals surface area contributed by atoms with Gasteiger partial charge in [-0.2, -0.15) is 0 Å². The number of nitrogens with two attached hydrogens (primary N) is 1. The van der Waals surface area contributed by atoms with E-state index in [0.717, 1.165) is 28.8 Å². The number of nitrogens with zero attached hydrogens (tertiary/aromatic N) is 2. The van der Waals surface area contributed by atoms with Crippen molar-refractivity contribution >= 4 is 11.7 Å². The lowest BCUT2D eigenvalue weighted by atomic mass is 10.1. The highest BCUT2D eigenvalue weighted by Gasteiger charge is 2.13. The van der Waals surface area contributed by atoms with E-state index in [-0.39, 0.29) is 5.91 Å². The van der Waals surface area contributed by atoms with E-state index >= 15 is 0 Å². The fourth-order valence-electron chi connectivity index (χ4n) is 2.45. The highest BCUT2D eigenvalue weighted by atomic mass is 16.1. The average molecular weight is 310 g/mol. The van der Waals surface area contributed by atoms with E-state index in [1.54, 1.807) is 10.8 Å². The number of pyridine rings is 1. The van der Waals surface area contributed by atoms with Gasteiger partial charge in [-0.1, -0.05) is 12.8 Å². The molecule has 2 rings (SSSR count). The zero-order chi connectivity index (χ0) is 17.0. The molecule has 2 aromatic rings. The summed E-state index contributed by atoms with van der Waals surface area (Å²) >= 11 is 0. The zero-order valence-electron chi connectivity index (χ0n) is 14.0. The number of rotatable bonds is 3. The molecule has 0 bridgehead atoms. The third-order valence-corrected chi connectivity index (χ3v) is 3.65. The third kappa shape index (κ3) is 3.92. The summed E-state index contributed by atoms with van der Waals surface area (Å²) in [5.74, 6) is 3.37. The number of aromatic nitrogens is 2. The molecule has 120 valence electrons. The summed E-state index contributed by atoms with van der Waals surface area (Å²) in [6, 6.07) is 4.79. The molecule has 0 spiro atoms. The molecule has 0 saturated heterocycles. The second-order valence-electron chi connectivity index (χ2n) is 5.51. The molecule has 1 amide bonds. The van der Waals surface area contributed by atoms with Crippen LogP contribution in [0.4, 0.5) is 5.82 Å². The van der Waals surface area contributed by atoms with Crippen LogP contribution in [0.15, 0.2) is 18.5 Å². The van der Waals surface area contributed by atoms with Crippen LogP contribution >= 0.6 is 0 Å². The van der Waals surface area contributed by atoms with Crippen molar-refractivity contribution in [1.29, 1.82) is 0 Å². The van der Waals surface area contributed by atoms with E-state index in [9.17, 15) is 4.79 Å². The highest BCUT2D eigenvalue weighted by Crippen LogP contribution is 2.15. The van der Waals surface area contributed by atoms with E-state index in [2.05, 4.69) is 22.3 Å². The predicted molar refractivity (Wildman–Crippen MR) is 91.9 cm³/mol. The minimum Gasteiger partial charge on any atom is -0.384 e. The van der Waals surface area contributed by atoms with Gasteiger partial charge in [0.15, 0.2) is 0 Å². The molecule has 23 heavy (non-hydrogen) atoms. The van der Waals surface area contributed by atoms with Gasteiger partial charge in [0.25, 0.3) is 5.91 Å². The number of carbonyl (C=O) groups is 1. The fraction of sp³-hybridized carbons (Fsp3) is 0.333. The quantitative estimate of drug-likeness (QED) is 0.856. The Balaban J connectivity index is 2.13. The summed E-state index contributed by atoms with van der Waals surface area (Å²) in [6.07, 6.45) is 4.40. The van der Waals surface area contributed by atoms with Gasteiger partial charge < -0.3 is 11.1 Å². The van der Waals surface area contributed by atoms with Crippen LogP contribution in [0.3, 0.4) is 0 Å². The van der Waals surface area contributed by atoms with Crippen molar-refractivity contribution in [2.75, 3.05) is 5.73 Å². The fourth-order valence-corrected chi connectivity index (χ4v) is 2.45. The third-order valence-electron chi connectivity index (χ3n) is 3.65. The second kappa shape index (κ2) is 7.01. The number of anilines is 1. The van der Waals surface area contributed by atoms with Crippen LogP contribution in [0.5, 0.6) is 0 Å². The van der Waals surface area contributed by atoms with Crippen LogP contribution in [-0.4, -0.2) is 15.5 Å². The molecule has 0 aliphatic carbocycles. The lowest BCUT2D eigenvalue weighted by molar-refractivity contribution is 0.0950. The number of hydrogen-bond donors (Lipinski definition) is 2. The van der Waals surface area contributed by atoms with Gasteiger partial charge in [0.05, 0.1) is 5.56 Å². The van der Waals surface area contributed by atoms with Crippen molar-refractivity contribution in [3.8, 4) is 12.0 Å². The summed E-state index contributed by atoms with van der Waals surface area (Å²) in [6.45, 7) is 8.18. The maximum Gasteiger partial charge on any atom is 0.253 e. The Morgan fingerprint density at radius 3 is 2.70 bits per heavy atom. The smallest absolute Gasteiger partial charge is 0.253 e. The Bertz CT molecular complexity index is 770. The lowest BCUT2D eigenvalue weighted by Gasteiger charge is -2.11. The minimum atomic E-state index is -0.116. The summed E-state index contributed by atoms with van der Waals surface area (Å²) in [7, 11) is 0. The SMILES string of the molecule is CCC#Cn1cc(C)c(C(=O)NCc2c(C)cc(N)nc2C)c1. The Labute approximate surface area is 136 Å². The van der Waals surface area contributed by atoms with Gasteiger partial charge in [-0.05, 0) is 43.5 Å². The molecule has 5 nitrogen and oxygen atoms in total. The number of nitrogens with one attached hydrogen (secondary N) is 1. The van der Waals surface area contributed by atoms with Crippen molar-refractivity contribution in [3.05, 3.63) is 46.4 Å². The molecule has 3 N–H and O–H groups in total. The first-order chi connectivity index (χ1) is 10.9. The van der Waals surface area contributed by atoms with Crippen LogP contribution in [0.25, 0.3) is 0 Å². The first kappa shape index (κ1) is 16.6. The maximum atomic E-state index is 12.4. The predicted octanol–water partition coefficient (Wildman–Crippen LogP) is 2.54. The van der Waals surface area contributed by atoms with Crippen molar-refractivity contribution in [2.45, 2.75) is 40.7 Å². The summed E-state index contributed by atoms with van der Waals surface area (Å²) in [5, 5.41) is 2.95. The van der Waals surface area contributed by atoms with E-state index in [4.69, 9.17) is 5.73 Å². The standard InChI is InChI=1S/C18H22N4O/c1-5-6-7-22-10-13(3)16(11-22)18(23)20-9-15-12(2)8-17(19)21-14(15)4/h8,10-11H,5,9H2,1-4H3,(H2,19,21)(H,20,23). The molecular formula is C18H22N4O. The van der Waals surface area contributed by atoms with E-state index in [0.29, 0.717) is 17.9 Å². The molecule has 0 aliphatic rings. The number of hydrogen-bond acceptors (Lipinski definition) is 3. The van der Waals surface area contributed by atoms with Gasteiger partial charge in [0.2, 0.25) is 0 Å². The van der Waals surface area contributed by atoms with Crippen molar-refractivity contribution in [3.63, 3.8) is 0 Å². The molecule has 0 unspecified atom stereocenters. The monoisotopic (exact) mass is 310 g/mol.